The van der Waals surface area contributed by atoms with Crippen LogP contribution in [0.3, 0.4) is 0 Å². The van der Waals surface area contributed by atoms with Crippen molar-refractivity contribution in [2.45, 2.75) is 10.6 Å². The van der Waals surface area contributed by atoms with E-state index >= 15 is 0 Å². The Bertz CT molecular complexity index is 1190. The molecule has 0 atom stereocenters. The third kappa shape index (κ3) is 4.86. The molecule has 5 N–H and O–H groups in total. The number of thioether (sulfide) groups is 1. The van der Waals surface area contributed by atoms with Crippen molar-refractivity contribution in [2.24, 2.45) is 5.73 Å². The number of aromatic hydroxyl groups is 1. The zero-order valence-electron chi connectivity index (χ0n) is 14.7. The first-order valence-corrected chi connectivity index (χ1v) is 9.81. The van der Waals surface area contributed by atoms with Gasteiger partial charge >= 0.3 is 6.36 Å². The number of ether oxygens (including phenoxy) is 1. The van der Waals surface area contributed by atoms with E-state index in [1.807, 2.05) is 0 Å². The van der Waals surface area contributed by atoms with Crippen LogP contribution >= 0.6 is 23.1 Å². The molecule has 0 aliphatic rings. The summed E-state index contributed by atoms with van der Waals surface area (Å²) in [6.45, 7) is 0. The Morgan fingerprint density at radius 3 is 2.67 bits per heavy atom. The van der Waals surface area contributed by atoms with Gasteiger partial charge in [-0.05, 0) is 12.1 Å². The molecule has 13 heteroatoms. The van der Waals surface area contributed by atoms with Gasteiger partial charge in [-0.3, -0.25) is 14.4 Å². The lowest BCUT2D eigenvalue weighted by molar-refractivity contribution is -0.274. The van der Waals surface area contributed by atoms with Gasteiger partial charge in [0.05, 0.1) is 31.4 Å². The Hall–Kier alpha value is -3.19. The van der Waals surface area contributed by atoms with E-state index < -0.39 is 29.5 Å². The first kappa shape index (κ1) is 21.5. The molecule has 0 aliphatic carbocycles. The summed E-state index contributed by atoms with van der Waals surface area (Å²) in [6.07, 6.45) is -4.93. The summed E-state index contributed by atoms with van der Waals surface area (Å²) in [4.78, 5) is 38.0. The number of pyridine rings is 1. The highest BCUT2D eigenvalue weighted by Crippen LogP contribution is 2.40. The van der Waals surface area contributed by atoms with Gasteiger partial charge in [-0.25, -0.2) is 0 Å². The number of anilines is 1. The lowest BCUT2D eigenvalue weighted by Crippen LogP contribution is -2.20. The highest BCUT2D eigenvalue weighted by Gasteiger charge is 2.32. The Balaban J connectivity index is 1.80. The van der Waals surface area contributed by atoms with Crippen molar-refractivity contribution in [1.29, 1.82) is 0 Å². The topological polar surface area (TPSA) is 135 Å². The minimum atomic E-state index is -4.93. The van der Waals surface area contributed by atoms with Gasteiger partial charge in [0, 0.05) is 6.07 Å². The van der Waals surface area contributed by atoms with E-state index in [2.05, 4.69) is 15.0 Å². The number of nitrogens with two attached hydrogens (primary N) is 1. The van der Waals surface area contributed by atoms with Crippen LogP contribution in [-0.4, -0.2) is 34.0 Å². The van der Waals surface area contributed by atoms with Crippen LogP contribution in [0.2, 0.25) is 0 Å². The van der Waals surface area contributed by atoms with E-state index in [0.29, 0.717) is 0 Å². The number of carbonyl (C=O) groups is 2. The second-order valence-electron chi connectivity index (χ2n) is 5.73. The van der Waals surface area contributed by atoms with Crippen molar-refractivity contribution in [3.8, 4) is 11.5 Å². The SMILES string of the molecule is NC(=O)c1c(SCC(=O)Nc2ccccc2OC(F)(F)F)sc2c(O)cc(=O)[nH]c12. The van der Waals surface area contributed by atoms with E-state index in [1.54, 1.807) is 0 Å². The Labute approximate surface area is 173 Å². The quantitative estimate of drug-likeness (QED) is 0.419. The number of fused-ring (bicyclic) bond motifs is 1. The molecule has 0 saturated heterocycles. The molecule has 30 heavy (non-hydrogen) atoms. The van der Waals surface area contributed by atoms with Gasteiger partial charge in [0.25, 0.3) is 11.5 Å². The maximum Gasteiger partial charge on any atom is 0.573 e. The summed E-state index contributed by atoms with van der Waals surface area (Å²) >= 11 is 1.81. The Morgan fingerprint density at radius 2 is 2.00 bits per heavy atom. The fraction of sp³-hybridized carbons (Fsp3) is 0.118. The summed E-state index contributed by atoms with van der Waals surface area (Å²) < 4.78 is 41.8. The summed E-state index contributed by atoms with van der Waals surface area (Å²) in [5.41, 5.74) is 4.51. The molecule has 0 saturated carbocycles. The van der Waals surface area contributed by atoms with Crippen LogP contribution in [-0.2, 0) is 4.79 Å². The fourth-order valence-corrected chi connectivity index (χ4v) is 4.74. The zero-order valence-corrected chi connectivity index (χ0v) is 16.3. The second kappa shape index (κ2) is 8.28. The minimum Gasteiger partial charge on any atom is -0.506 e. The number of amides is 2. The lowest BCUT2D eigenvalue weighted by atomic mass is 10.2. The van der Waals surface area contributed by atoms with Crippen molar-refractivity contribution in [1.82, 2.24) is 4.98 Å². The monoisotopic (exact) mass is 459 g/mol. The summed E-state index contributed by atoms with van der Waals surface area (Å²) in [6, 6.07) is 5.95. The number of halogens is 3. The van der Waals surface area contributed by atoms with Crippen LogP contribution in [0.1, 0.15) is 10.4 Å². The van der Waals surface area contributed by atoms with Crippen LogP contribution in [0, 0.1) is 0 Å². The van der Waals surface area contributed by atoms with Crippen LogP contribution in [0.25, 0.3) is 10.2 Å². The predicted octanol–water partition coefficient (Wildman–Crippen LogP) is 3.02. The molecule has 2 aromatic heterocycles. The predicted molar refractivity (Wildman–Crippen MR) is 105 cm³/mol. The van der Waals surface area contributed by atoms with Crippen molar-refractivity contribution < 1.29 is 32.6 Å². The number of alkyl halides is 3. The van der Waals surface area contributed by atoms with Crippen LogP contribution in [0.5, 0.6) is 11.5 Å². The van der Waals surface area contributed by atoms with E-state index in [4.69, 9.17) is 5.73 Å². The molecule has 3 aromatic rings. The molecule has 2 amide bonds. The maximum absolute atomic E-state index is 12.5. The van der Waals surface area contributed by atoms with Gasteiger partial charge in [-0.1, -0.05) is 12.1 Å². The van der Waals surface area contributed by atoms with E-state index in [0.717, 1.165) is 35.2 Å². The van der Waals surface area contributed by atoms with E-state index in [1.165, 1.54) is 18.2 Å². The number of hydrogen-bond acceptors (Lipinski definition) is 7. The molecule has 0 aliphatic heterocycles. The molecule has 3 rings (SSSR count). The molecule has 0 fully saturated rings. The third-order valence-electron chi connectivity index (χ3n) is 3.59. The van der Waals surface area contributed by atoms with Crippen LogP contribution in [0.4, 0.5) is 18.9 Å². The zero-order chi connectivity index (χ0) is 22.1. The molecule has 158 valence electrons. The molecular formula is C17H12F3N3O5S2. The van der Waals surface area contributed by atoms with Crippen molar-refractivity contribution in [3.63, 3.8) is 0 Å². The average molecular weight is 459 g/mol. The van der Waals surface area contributed by atoms with Gasteiger partial charge < -0.3 is 25.9 Å². The van der Waals surface area contributed by atoms with Gasteiger partial charge in [0.2, 0.25) is 5.91 Å². The first-order valence-electron chi connectivity index (χ1n) is 8.01. The van der Waals surface area contributed by atoms with Crippen LogP contribution < -0.4 is 21.3 Å². The van der Waals surface area contributed by atoms with Gasteiger partial charge in [0.15, 0.2) is 5.75 Å². The minimum absolute atomic E-state index is 0.0457. The Morgan fingerprint density at radius 1 is 1.30 bits per heavy atom. The third-order valence-corrected chi connectivity index (χ3v) is 6.08. The number of rotatable bonds is 6. The Kier molecular flexibility index (Phi) is 5.94. The molecule has 0 spiro atoms. The molecule has 0 unspecified atom stereocenters. The highest BCUT2D eigenvalue weighted by molar-refractivity contribution is 8.02. The lowest BCUT2D eigenvalue weighted by Gasteiger charge is -2.13. The first-order chi connectivity index (χ1) is 14.0. The number of hydrogen-bond donors (Lipinski definition) is 4. The average Bonchev–Trinajstić information content (AvgIpc) is 2.99. The van der Waals surface area contributed by atoms with Crippen molar-refractivity contribution >= 4 is 50.8 Å². The summed E-state index contributed by atoms with van der Waals surface area (Å²) in [7, 11) is 0. The largest absolute Gasteiger partial charge is 0.573 e. The van der Waals surface area contributed by atoms with Crippen LogP contribution in [0.15, 0.2) is 39.3 Å². The molecule has 1 aromatic carbocycles. The van der Waals surface area contributed by atoms with Crippen molar-refractivity contribution in [2.75, 3.05) is 11.1 Å². The smallest absolute Gasteiger partial charge is 0.506 e. The number of benzene rings is 1. The van der Waals surface area contributed by atoms with Crippen molar-refractivity contribution in [3.05, 3.63) is 46.2 Å². The van der Waals surface area contributed by atoms with E-state index in [-0.39, 0.29) is 37.2 Å². The highest BCUT2D eigenvalue weighted by atomic mass is 32.2. The van der Waals surface area contributed by atoms with Gasteiger partial charge in [0.1, 0.15) is 5.75 Å². The number of primary amides is 1. The number of aromatic amines is 1. The summed E-state index contributed by atoms with van der Waals surface area (Å²) in [5.74, 6) is -2.78. The summed E-state index contributed by atoms with van der Waals surface area (Å²) in [5, 5.41) is 12.2. The molecule has 2 heterocycles. The number of H-pyrrole nitrogens is 1. The number of para-hydroxylation sites is 2. The number of nitrogens with one attached hydrogen (secondary N) is 2. The number of carbonyl (C=O) groups excluding carboxylic acids is 2. The normalized spacial score (nSPS) is 11.4. The standard InChI is InChI=1S/C17H12F3N3O5S2/c18-17(19,20)28-9-4-2-1-3-7(9)22-11(26)6-29-16-12(15(21)27)13-14(30-16)8(24)5-10(25)23-13/h1-5H,6H2,(H2,21,27)(H,22,26)(H2,23,24,25). The fourth-order valence-electron chi connectivity index (χ4n) is 2.49. The molecule has 0 radical (unpaired) electrons. The molecule has 8 nitrogen and oxygen atoms in total. The second-order valence-corrected chi connectivity index (χ2v) is 8.00. The van der Waals surface area contributed by atoms with E-state index in [9.17, 15) is 32.7 Å². The molecular weight excluding hydrogens is 447 g/mol. The number of thiophene rings is 1. The number of aromatic nitrogens is 1. The van der Waals surface area contributed by atoms with Gasteiger partial charge in [-0.15, -0.1) is 36.3 Å². The maximum atomic E-state index is 12.5. The van der Waals surface area contributed by atoms with Gasteiger partial charge in [-0.2, -0.15) is 0 Å². The molecule has 0 bridgehead atoms.